The second-order valence-electron chi connectivity index (χ2n) is 5.06. The molecule has 0 amide bonds. The van der Waals surface area contributed by atoms with Gasteiger partial charge in [-0.1, -0.05) is 12.1 Å². The van der Waals surface area contributed by atoms with Crippen LogP contribution in [0.15, 0.2) is 30.6 Å². The molecule has 0 aliphatic carbocycles. The molecule has 5 nitrogen and oxygen atoms in total. The van der Waals surface area contributed by atoms with Gasteiger partial charge in [-0.3, -0.25) is 0 Å². The summed E-state index contributed by atoms with van der Waals surface area (Å²) in [7, 11) is 0. The van der Waals surface area contributed by atoms with Crippen LogP contribution in [0.2, 0.25) is 0 Å². The molecule has 1 fully saturated rings. The van der Waals surface area contributed by atoms with Gasteiger partial charge >= 0.3 is 0 Å². The first-order chi connectivity index (χ1) is 9.88. The lowest BCUT2D eigenvalue weighted by Gasteiger charge is -2.33. The summed E-state index contributed by atoms with van der Waals surface area (Å²) in [5, 5.41) is 1.12. The fourth-order valence-corrected chi connectivity index (χ4v) is 2.71. The van der Waals surface area contributed by atoms with Crippen molar-refractivity contribution in [3.8, 4) is 0 Å². The average Bonchev–Trinajstić information content (AvgIpc) is 2.53. The zero-order valence-corrected chi connectivity index (χ0v) is 11.5. The van der Waals surface area contributed by atoms with E-state index < -0.39 is 0 Å². The maximum absolute atomic E-state index is 5.72. The number of para-hydroxylation sites is 1. The lowest BCUT2D eigenvalue weighted by Crippen LogP contribution is -2.38. The molecule has 0 saturated carbocycles. The molecule has 106 valence electrons. The lowest BCUT2D eigenvalue weighted by atomic mass is 10.1. The topological polar surface area (TPSA) is 64.3 Å². The molecule has 1 aromatic carbocycles. The Morgan fingerprint density at radius 2 is 2.00 bits per heavy atom. The molecule has 2 heterocycles. The van der Waals surface area contributed by atoms with Gasteiger partial charge in [0.25, 0.3) is 0 Å². The Balaban J connectivity index is 1.74. The third kappa shape index (κ3) is 2.73. The smallest absolute Gasteiger partial charge is 0.139 e. The van der Waals surface area contributed by atoms with Crippen LogP contribution < -0.4 is 10.6 Å². The molecule has 3 rings (SSSR count). The number of anilines is 1. The van der Waals surface area contributed by atoms with Crippen molar-refractivity contribution in [2.75, 3.05) is 31.1 Å². The van der Waals surface area contributed by atoms with E-state index in [1.807, 2.05) is 18.2 Å². The minimum Gasteiger partial charge on any atom is -0.377 e. The van der Waals surface area contributed by atoms with E-state index in [1.165, 1.54) is 0 Å². The summed E-state index contributed by atoms with van der Waals surface area (Å²) in [6, 6.07) is 8.15. The Morgan fingerprint density at radius 3 is 2.80 bits per heavy atom. The predicted octanol–water partition coefficient (Wildman–Crippen LogP) is 1.57. The molecule has 20 heavy (non-hydrogen) atoms. The zero-order valence-electron chi connectivity index (χ0n) is 11.5. The molecule has 0 spiro atoms. The van der Waals surface area contributed by atoms with Crippen LogP contribution in [0.4, 0.5) is 5.82 Å². The van der Waals surface area contributed by atoms with Crippen LogP contribution in [0.1, 0.15) is 12.8 Å². The summed E-state index contributed by atoms with van der Waals surface area (Å²) in [4.78, 5) is 11.1. The molecule has 2 N–H and O–H groups in total. The average molecular weight is 272 g/mol. The van der Waals surface area contributed by atoms with Gasteiger partial charge in [0, 0.05) is 25.0 Å². The van der Waals surface area contributed by atoms with Crippen molar-refractivity contribution in [2.24, 2.45) is 5.73 Å². The summed E-state index contributed by atoms with van der Waals surface area (Å²) in [5.41, 5.74) is 6.47. The van der Waals surface area contributed by atoms with Gasteiger partial charge in [0.05, 0.1) is 18.2 Å². The number of fused-ring (bicyclic) bond motifs is 1. The summed E-state index contributed by atoms with van der Waals surface area (Å²) in [6.45, 7) is 3.18. The molecule has 1 aliphatic rings. The molecule has 1 aromatic heterocycles. The van der Waals surface area contributed by atoms with Crippen molar-refractivity contribution in [2.45, 2.75) is 18.9 Å². The highest BCUT2D eigenvalue weighted by Gasteiger charge is 2.21. The van der Waals surface area contributed by atoms with Crippen LogP contribution in [-0.4, -0.2) is 42.3 Å². The minimum atomic E-state index is 0.336. The Morgan fingerprint density at radius 1 is 1.20 bits per heavy atom. The highest BCUT2D eigenvalue weighted by atomic mass is 16.5. The van der Waals surface area contributed by atoms with Crippen LogP contribution >= 0.6 is 0 Å². The number of nitrogens with zero attached hydrogens (tertiary/aromatic N) is 3. The highest BCUT2D eigenvalue weighted by Crippen LogP contribution is 2.25. The first-order valence-corrected chi connectivity index (χ1v) is 7.15. The van der Waals surface area contributed by atoms with Gasteiger partial charge in [0.15, 0.2) is 0 Å². The van der Waals surface area contributed by atoms with Gasteiger partial charge in [-0.2, -0.15) is 0 Å². The second-order valence-corrected chi connectivity index (χ2v) is 5.06. The number of benzene rings is 1. The Kier molecular flexibility index (Phi) is 4.08. The third-order valence-electron chi connectivity index (χ3n) is 3.73. The molecular weight excluding hydrogens is 252 g/mol. The Labute approximate surface area is 118 Å². The fraction of sp³-hybridized carbons (Fsp3) is 0.467. The Bertz CT molecular complexity index is 561. The van der Waals surface area contributed by atoms with Gasteiger partial charge in [0.2, 0.25) is 0 Å². The highest BCUT2D eigenvalue weighted by molar-refractivity contribution is 5.89. The lowest BCUT2D eigenvalue weighted by molar-refractivity contribution is 0.0421. The molecular formula is C15H20N4O. The van der Waals surface area contributed by atoms with Crippen LogP contribution in [-0.2, 0) is 4.74 Å². The number of ether oxygens (including phenoxy) is 1. The largest absolute Gasteiger partial charge is 0.377 e. The maximum Gasteiger partial charge on any atom is 0.139 e. The first-order valence-electron chi connectivity index (χ1n) is 7.15. The van der Waals surface area contributed by atoms with E-state index in [4.69, 9.17) is 10.5 Å². The molecule has 2 aromatic rings. The fourth-order valence-electron chi connectivity index (χ4n) is 2.71. The van der Waals surface area contributed by atoms with Gasteiger partial charge in [0.1, 0.15) is 12.1 Å². The van der Waals surface area contributed by atoms with E-state index in [2.05, 4.69) is 20.9 Å². The molecule has 0 unspecified atom stereocenters. The standard InChI is InChI=1S/C15H20N4O/c16-7-10-20-12-5-8-19(9-6-12)15-13-3-1-2-4-14(13)17-11-18-15/h1-4,11-12H,5-10,16H2. The van der Waals surface area contributed by atoms with Crippen LogP contribution in [0.25, 0.3) is 10.9 Å². The second kappa shape index (κ2) is 6.15. The Hall–Kier alpha value is -1.72. The number of hydrogen-bond acceptors (Lipinski definition) is 5. The van der Waals surface area contributed by atoms with E-state index in [0.29, 0.717) is 19.3 Å². The summed E-state index contributed by atoms with van der Waals surface area (Å²) in [6.07, 6.45) is 4.04. The van der Waals surface area contributed by atoms with E-state index in [-0.39, 0.29) is 0 Å². The van der Waals surface area contributed by atoms with E-state index in [0.717, 1.165) is 42.7 Å². The van der Waals surface area contributed by atoms with Crippen LogP contribution in [0.5, 0.6) is 0 Å². The molecule has 1 aliphatic heterocycles. The number of hydrogen-bond donors (Lipinski definition) is 1. The summed E-state index contributed by atoms with van der Waals surface area (Å²) >= 11 is 0. The number of nitrogens with two attached hydrogens (primary N) is 1. The van der Waals surface area contributed by atoms with Crippen molar-refractivity contribution >= 4 is 16.7 Å². The molecule has 0 atom stereocenters. The van der Waals surface area contributed by atoms with Gasteiger partial charge < -0.3 is 15.4 Å². The number of rotatable bonds is 4. The van der Waals surface area contributed by atoms with Crippen molar-refractivity contribution < 1.29 is 4.74 Å². The van der Waals surface area contributed by atoms with Gasteiger partial charge in [-0.05, 0) is 25.0 Å². The monoisotopic (exact) mass is 272 g/mol. The van der Waals surface area contributed by atoms with E-state index in [1.54, 1.807) is 6.33 Å². The van der Waals surface area contributed by atoms with Crippen molar-refractivity contribution in [3.63, 3.8) is 0 Å². The normalized spacial score (nSPS) is 16.8. The predicted molar refractivity (Wildman–Crippen MR) is 79.8 cm³/mol. The number of piperidine rings is 1. The zero-order chi connectivity index (χ0) is 13.8. The summed E-state index contributed by atoms with van der Waals surface area (Å²) in [5.74, 6) is 1.04. The quantitative estimate of drug-likeness (QED) is 0.915. The van der Waals surface area contributed by atoms with Crippen LogP contribution in [0, 0.1) is 0 Å². The van der Waals surface area contributed by atoms with Crippen molar-refractivity contribution in [1.82, 2.24) is 9.97 Å². The van der Waals surface area contributed by atoms with Crippen molar-refractivity contribution in [3.05, 3.63) is 30.6 Å². The van der Waals surface area contributed by atoms with E-state index in [9.17, 15) is 0 Å². The first kappa shape index (κ1) is 13.3. The van der Waals surface area contributed by atoms with Crippen LogP contribution in [0.3, 0.4) is 0 Å². The van der Waals surface area contributed by atoms with Crippen molar-refractivity contribution in [1.29, 1.82) is 0 Å². The molecule has 0 bridgehead atoms. The maximum atomic E-state index is 5.72. The van der Waals surface area contributed by atoms with Gasteiger partial charge in [-0.15, -0.1) is 0 Å². The molecule has 5 heteroatoms. The SMILES string of the molecule is NCCOC1CCN(c2ncnc3ccccc23)CC1. The minimum absolute atomic E-state index is 0.336. The molecule has 0 radical (unpaired) electrons. The van der Waals surface area contributed by atoms with Gasteiger partial charge in [-0.25, -0.2) is 9.97 Å². The third-order valence-corrected chi connectivity index (χ3v) is 3.73. The molecule has 1 saturated heterocycles. The number of aromatic nitrogens is 2. The summed E-state index contributed by atoms with van der Waals surface area (Å²) < 4.78 is 5.72. The van der Waals surface area contributed by atoms with E-state index >= 15 is 0 Å².